The van der Waals surface area contributed by atoms with Gasteiger partial charge in [0.1, 0.15) is 0 Å². The number of carboxylic acids is 2. The zero-order valence-corrected chi connectivity index (χ0v) is 16.1. The molecule has 0 saturated heterocycles. The maximum atomic E-state index is 9.10. The maximum absolute atomic E-state index is 9.10. The summed E-state index contributed by atoms with van der Waals surface area (Å²) in [6.45, 7) is 0. The minimum atomic E-state index is -1.82. The Labute approximate surface area is 164 Å². The molecule has 1 spiro atoms. The summed E-state index contributed by atoms with van der Waals surface area (Å²) < 4.78 is 0. The molecule has 1 atom stereocenters. The van der Waals surface area contributed by atoms with E-state index in [-0.39, 0.29) is 5.41 Å². The second-order valence-corrected chi connectivity index (χ2v) is 7.56. The van der Waals surface area contributed by atoms with E-state index in [4.69, 9.17) is 19.8 Å². The van der Waals surface area contributed by atoms with Crippen LogP contribution in [0.15, 0.2) is 48.5 Å². The van der Waals surface area contributed by atoms with Crippen molar-refractivity contribution in [2.24, 2.45) is 0 Å². The van der Waals surface area contributed by atoms with Crippen molar-refractivity contribution in [1.82, 2.24) is 4.90 Å². The fraction of sp³-hybridized carbons (Fsp3) is 0.304. The summed E-state index contributed by atoms with van der Waals surface area (Å²) >= 11 is 0. The Bertz CT molecular complexity index is 855. The van der Waals surface area contributed by atoms with E-state index >= 15 is 0 Å². The van der Waals surface area contributed by atoms with E-state index in [1.54, 1.807) is 0 Å². The van der Waals surface area contributed by atoms with Crippen molar-refractivity contribution in [3.63, 3.8) is 0 Å². The summed E-state index contributed by atoms with van der Waals surface area (Å²) in [5.41, 5.74) is 5.98. The second-order valence-electron chi connectivity index (χ2n) is 7.56. The van der Waals surface area contributed by atoms with E-state index < -0.39 is 11.9 Å². The zero-order chi connectivity index (χ0) is 20.3. The van der Waals surface area contributed by atoms with E-state index in [0.29, 0.717) is 6.04 Å². The van der Waals surface area contributed by atoms with E-state index in [2.05, 4.69) is 79.7 Å². The first kappa shape index (κ1) is 19.8. The Hall–Kier alpha value is -2.92. The van der Waals surface area contributed by atoms with Gasteiger partial charge in [-0.1, -0.05) is 60.7 Å². The van der Waals surface area contributed by atoms with Crippen LogP contribution in [-0.2, 0) is 15.0 Å². The fourth-order valence-corrected chi connectivity index (χ4v) is 4.43. The number of rotatable bonds is 1. The number of nitrogens with zero attached hydrogens (tertiary/aromatic N) is 1. The quantitative estimate of drug-likeness (QED) is 0.739. The molecule has 4 rings (SSSR count). The monoisotopic (exact) mass is 379 g/mol. The van der Waals surface area contributed by atoms with Gasteiger partial charge in [-0.2, -0.15) is 0 Å². The molecule has 0 bridgehead atoms. The molecule has 28 heavy (non-hydrogen) atoms. The molecule has 0 amide bonds. The van der Waals surface area contributed by atoms with Crippen LogP contribution in [-0.4, -0.2) is 47.2 Å². The lowest BCUT2D eigenvalue weighted by Gasteiger charge is -2.33. The molecule has 0 heterocycles. The number of benzene rings is 2. The van der Waals surface area contributed by atoms with Crippen LogP contribution in [0.1, 0.15) is 41.5 Å². The molecule has 1 unspecified atom stereocenters. The van der Waals surface area contributed by atoms with E-state index in [1.807, 2.05) is 0 Å². The van der Waals surface area contributed by atoms with Gasteiger partial charge in [-0.25, -0.2) is 9.59 Å². The Morgan fingerprint density at radius 3 is 1.75 bits per heavy atom. The van der Waals surface area contributed by atoms with Crippen molar-refractivity contribution in [3.05, 3.63) is 70.8 Å². The largest absolute Gasteiger partial charge is 0.473 e. The highest BCUT2D eigenvalue weighted by Crippen LogP contribution is 2.51. The number of fused-ring (bicyclic) bond motifs is 4. The van der Waals surface area contributed by atoms with Gasteiger partial charge in [-0.3, -0.25) is 0 Å². The minimum absolute atomic E-state index is 0.172. The Kier molecular flexibility index (Phi) is 5.66. The van der Waals surface area contributed by atoms with Crippen LogP contribution in [0.3, 0.4) is 0 Å². The van der Waals surface area contributed by atoms with Crippen LogP contribution in [0, 0.1) is 0 Å². The van der Waals surface area contributed by atoms with Gasteiger partial charge < -0.3 is 15.1 Å². The van der Waals surface area contributed by atoms with Gasteiger partial charge in [0.05, 0.1) is 0 Å². The van der Waals surface area contributed by atoms with Crippen LogP contribution in [0.5, 0.6) is 0 Å². The molecule has 0 aromatic heterocycles. The van der Waals surface area contributed by atoms with Gasteiger partial charge in [0.25, 0.3) is 0 Å². The number of hydrogen-bond acceptors (Lipinski definition) is 3. The van der Waals surface area contributed by atoms with E-state index in [0.717, 1.165) is 0 Å². The standard InChI is InChI=1S/C21H23N.C2H2O4/c1-22(2)18-13-14-21(15-18)19-9-5-3-7-16(19)11-12-17-8-4-6-10-20(17)21;3-1(4)2(5)6/h3-12,18H,13-15H2,1-2H3;(H,3,4)(H,5,6). The predicted octanol–water partition coefficient (Wildman–Crippen LogP) is 3.73. The van der Waals surface area contributed by atoms with Gasteiger partial charge in [-0.15, -0.1) is 0 Å². The fourth-order valence-electron chi connectivity index (χ4n) is 4.43. The smallest absolute Gasteiger partial charge is 0.414 e. The Balaban J connectivity index is 0.000000330. The lowest BCUT2D eigenvalue weighted by atomic mass is 9.71. The third-order valence-corrected chi connectivity index (χ3v) is 5.80. The number of carboxylic acid groups (broad SMARTS) is 2. The van der Waals surface area contributed by atoms with E-state index in [1.165, 1.54) is 41.5 Å². The van der Waals surface area contributed by atoms with Gasteiger partial charge >= 0.3 is 11.9 Å². The van der Waals surface area contributed by atoms with Crippen molar-refractivity contribution in [2.75, 3.05) is 14.1 Å². The van der Waals surface area contributed by atoms with Crippen LogP contribution >= 0.6 is 0 Å². The van der Waals surface area contributed by atoms with Crippen molar-refractivity contribution >= 4 is 24.1 Å². The van der Waals surface area contributed by atoms with Crippen molar-refractivity contribution in [3.8, 4) is 0 Å². The third kappa shape index (κ3) is 3.71. The minimum Gasteiger partial charge on any atom is -0.473 e. The molecule has 1 fully saturated rings. The van der Waals surface area contributed by atoms with Crippen LogP contribution in [0.4, 0.5) is 0 Å². The first-order chi connectivity index (χ1) is 13.3. The molecular formula is C23H25NO4. The SMILES string of the molecule is CN(C)C1CCC2(C1)c1ccccc1C=Cc1ccccc12.O=C(O)C(=O)O. The second kappa shape index (κ2) is 7.98. The van der Waals surface area contributed by atoms with Crippen LogP contribution in [0.2, 0.25) is 0 Å². The highest BCUT2D eigenvalue weighted by molar-refractivity contribution is 6.27. The van der Waals surface area contributed by atoms with Gasteiger partial charge in [-0.05, 0) is 55.6 Å². The molecular weight excluding hydrogens is 354 g/mol. The first-order valence-corrected chi connectivity index (χ1v) is 9.35. The summed E-state index contributed by atoms with van der Waals surface area (Å²) in [4.78, 5) is 20.6. The van der Waals surface area contributed by atoms with Gasteiger partial charge in [0.2, 0.25) is 0 Å². The van der Waals surface area contributed by atoms with Crippen LogP contribution < -0.4 is 0 Å². The lowest BCUT2D eigenvalue weighted by Crippen LogP contribution is -2.31. The summed E-state index contributed by atoms with van der Waals surface area (Å²) in [6.07, 6.45) is 8.33. The zero-order valence-electron chi connectivity index (χ0n) is 16.1. The Morgan fingerprint density at radius 1 is 0.893 bits per heavy atom. The highest BCUT2D eigenvalue weighted by atomic mass is 16.4. The third-order valence-electron chi connectivity index (χ3n) is 5.80. The molecule has 2 aromatic carbocycles. The van der Waals surface area contributed by atoms with Gasteiger partial charge in [0, 0.05) is 11.5 Å². The molecule has 0 radical (unpaired) electrons. The topological polar surface area (TPSA) is 77.8 Å². The number of aliphatic carboxylic acids is 2. The summed E-state index contributed by atoms with van der Waals surface area (Å²) in [5, 5.41) is 14.8. The normalized spacial score (nSPS) is 18.6. The number of hydrogen-bond donors (Lipinski definition) is 2. The molecule has 5 heteroatoms. The summed E-state index contributed by atoms with van der Waals surface area (Å²) in [6, 6.07) is 18.6. The Morgan fingerprint density at radius 2 is 1.36 bits per heavy atom. The predicted molar refractivity (Wildman–Crippen MR) is 109 cm³/mol. The van der Waals surface area contributed by atoms with Crippen LogP contribution in [0.25, 0.3) is 12.2 Å². The van der Waals surface area contributed by atoms with Gasteiger partial charge in [0.15, 0.2) is 0 Å². The molecule has 2 N–H and O–H groups in total. The van der Waals surface area contributed by atoms with Crippen molar-refractivity contribution in [2.45, 2.75) is 30.7 Å². The average Bonchev–Trinajstić information content (AvgIpc) is 3.08. The summed E-state index contributed by atoms with van der Waals surface area (Å²) in [7, 11) is 4.44. The molecule has 1 saturated carbocycles. The van der Waals surface area contributed by atoms with Crippen molar-refractivity contribution < 1.29 is 19.8 Å². The molecule has 146 valence electrons. The highest BCUT2D eigenvalue weighted by Gasteiger charge is 2.44. The lowest BCUT2D eigenvalue weighted by molar-refractivity contribution is -0.159. The molecule has 2 aliphatic rings. The summed E-state index contributed by atoms with van der Waals surface area (Å²) in [5.74, 6) is -3.65. The maximum Gasteiger partial charge on any atom is 0.414 e. The molecule has 2 aromatic rings. The first-order valence-electron chi connectivity index (χ1n) is 9.35. The molecule has 5 nitrogen and oxygen atoms in total. The molecule has 2 aliphatic carbocycles. The van der Waals surface area contributed by atoms with Crippen molar-refractivity contribution in [1.29, 1.82) is 0 Å². The average molecular weight is 379 g/mol. The number of carbonyl (C=O) groups is 2. The molecule has 0 aliphatic heterocycles. The van der Waals surface area contributed by atoms with E-state index in [9.17, 15) is 0 Å².